The van der Waals surface area contributed by atoms with Gasteiger partial charge in [-0.15, -0.1) is 12.4 Å². The molecular formula is C6H10ClN3. The molecule has 56 valence electrons. The number of rotatable bonds is 1. The summed E-state index contributed by atoms with van der Waals surface area (Å²) in [5.74, 6) is 0. The van der Waals surface area contributed by atoms with Crippen molar-refractivity contribution >= 4 is 12.4 Å². The molecule has 1 aromatic rings. The van der Waals surface area contributed by atoms with Crippen LogP contribution in [0.15, 0.2) is 12.3 Å². The van der Waals surface area contributed by atoms with Crippen molar-refractivity contribution in [1.29, 1.82) is 0 Å². The van der Waals surface area contributed by atoms with Crippen molar-refractivity contribution in [3.05, 3.63) is 23.5 Å². The predicted octanol–water partition coefficient (Wildman–Crippen LogP) is 0.666. The van der Waals surface area contributed by atoms with Crippen LogP contribution in [0.25, 0.3) is 0 Å². The topological polar surface area (TPSA) is 51.8 Å². The summed E-state index contributed by atoms with van der Waals surface area (Å²) in [5.41, 5.74) is 7.26. The van der Waals surface area contributed by atoms with Gasteiger partial charge in [0.2, 0.25) is 0 Å². The minimum Gasteiger partial charge on any atom is -0.325 e. The van der Waals surface area contributed by atoms with E-state index in [-0.39, 0.29) is 12.4 Å². The van der Waals surface area contributed by atoms with E-state index in [0.717, 1.165) is 11.3 Å². The summed E-state index contributed by atoms with van der Waals surface area (Å²) >= 11 is 0. The Labute approximate surface area is 66.1 Å². The van der Waals surface area contributed by atoms with Crippen LogP contribution < -0.4 is 5.73 Å². The fourth-order valence-corrected chi connectivity index (χ4v) is 0.623. The van der Waals surface area contributed by atoms with Gasteiger partial charge in [0.05, 0.1) is 11.9 Å². The third-order valence-corrected chi connectivity index (χ3v) is 1.05. The number of halogens is 1. The molecule has 0 saturated carbocycles. The Morgan fingerprint density at radius 1 is 1.60 bits per heavy atom. The molecule has 0 radical (unpaired) electrons. The highest BCUT2D eigenvalue weighted by molar-refractivity contribution is 5.85. The molecular weight excluding hydrogens is 150 g/mol. The zero-order chi connectivity index (χ0) is 6.69. The molecule has 0 bridgehead atoms. The van der Waals surface area contributed by atoms with Gasteiger partial charge in [-0.2, -0.15) is 10.2 Å². The van der Waals surface area contributed by atoms with Crippen molar-refractivity contribution in [1.82, 2.24) is 10.2 Å². The maximum Gasteiger partial charge on any atom is 0.0769 e. The summed E-state index contributed by atoms with van der Waals surface area (Å²) in [4.78, 5) is 0. The molecule has 0 amide bonds. The van der Waals surface area contributed by atoms with Crippen LogP contribution in [0.4, 0.5) is 0 Å². The molecule has 3 nitrogen and oxygen atoms in total. The lowest BCUT2D eigenvalue weighted by molar-refractivity contribution is 0.889. The minimum absolute atomic E-state index is 0. The molecule has 0 aliphatic heterocycles. The fourth-order valence-electron chi connectivity index (χ4n) is 0.623. The molecule has 1 heterocycles. The standard InChI is InChI=1S/C6H9N3.ClH/c1-5-2-6(3-7)9-8-4-5;/h2,4H,3,7H2,1H3;1H. The van der Waals surface area contributed by atoms with E-state index in [1.165, 1.54) is 0 Å². The summed E-state index contributed by atoms with van der Waals surface area (Å²) in [7, 11) is 0. The summed E-state index contributed by atoms with van der Waals surface area (Å²) in [6.07, 6.45) is 1.71. The molecule has 0 aliphatic carbocycles. The smallest absolute Gasteiger partial charge is 0.0769 e. The number of hydrogen-bond acceptors (Lipinski definition) is 3. The molecule has 10 heavy (non-hydrogen) atoms. The van der Waals surface area contributed by atoms with Gasteiger partial charge in [-0.05, 0) is 18.6 Å². The van der Waals surface area contributed by atoms with Gasteiger partial charge < -0.3 is 5.73 Å². The Bertz CT molecular complexity index is 202. The third kappa shape index (κ3) is 2.29. The summed E-state index contributed by atoms with van der Waals surface area (Å²) in [6, 6.07) is 1.92. The molecule has 0 fully saturated rings. The van der Waals surface area contributed by atoms with Gasteiger partial charge in [0, 0.05) is 6.54 Å². The second-order valence-corrected chi connectivity index (χ2v) is 1.93. The zero-order valence-corrected chi connectivity index (χ0v) is 6.56. The first-order valence-corrected chi connectivity index (χ1v) is 2.81. The summed E-state index contributed by atoms with van der Waals surface area (Å²) < 4.78 is 0. The van der Waals surface area contributed by atoms with Gasteiger partial charge in [-0.25, -0.2) is 0 Å². The highest BCUT2D eigenvalue weighted by atomic mass is 35.5. The van der Waals surface area contributed by atoms with Crippen molar-refractivity contribution in [2.75, 3.05) is 0 Å². The normalized spacial score (nSPS) is 8.60. The molecule has 0 aliphatic rings. The average molecular weight is 160 g/mol. The average Bonchev–Trinajstić information content (AvgIpc) is 1.88. The van der Waals surface area contributed by atoms with Crippen LogP contribution in [0, 0.1) is 6.92 Å². The van der Waals surface area contributed by atoms with E-state index in [0.29, 0.717) is 6.54 Å². The Balaban J connectivity index is 0.000000810. The van der Waals surface area contributed by atoms with Crippen LogP contribution in [-0.4, -0.2) is 10.2 Å². The lowest BCUT2D eigenvalue weighted by Crippen LogP contribution is -2.00. The van der Waals surface area contributed by atoms with Gasteiger partial charge >= 0.3 is 0 Å². The minimum atomic E-state index is 0. The van der Waals surface area contributed by atoms with E-state index in [4.69, 9.17) is 5.73 Å². The quantitative estimate of drug-likeness (QED) is 0.655. The highest BCUT2D eigenvalue weighted by Gasteiger charge is 1.89. The van der Waals surface area contributed by atoms with E-state index in [9.17, 15) is 0 Å². The maximum atomic E-state index is 5.32. The first-order chi connectivity index (χ1) is 4.33. The van der Waals surface area contributed by atoms with E-state index in [1.807, 2.05) is 13.0 Å². The molecule has 2 N–H and O–H groups in total. The van der Waals surface area contributed by atoms with Crippen molar-refractivity contribution in [2.45, 2.75) is 13.5 Å². The fraction of sp³-hybridized carbons (Fsp3) is 0.333. The van der Waals surface area contributed by atoms with E-state index in [2.05, 4.69) is 10.2 Å². The molecule has 1 aromatic heterocycles. The third-order valence-electron chi connectivity index (χ3n) is 1.05. The first-order valence-electron chi connectivity index (χ1n) is 2.81. The first kappa shape index (κ1) is 9.33. The van der Waals surface area contributed by atoms with E-state index in [1.54, 1.807) is 6.20 Å². The van der Waals surface area contributed by atoms with Gasteiger partial charge in [0.25, 0.3) is 0 Å². The molecule has 0 saturated heterocycles. The van der Waals surface area contributed by atoms with Crippen molar-refractivity contribution in [3.63, 3.8) is 0 Å². The van der Waals surface area contributed by atoms with Gasteiger partial charge in [0.15, 0.2) is 0 Å². The van der Waals surface area contributed by atoms with Crippen LogP contribution in [0.1, 0.15) is 11.3 Å². The van der Waals surface area contributed by atoms with Crippen molar-refractivity contribution in [3.8, 4) is 0 Å². The Kier molecular flexibility index (Phi) is 3.91. The number of aryl methyl sites for hydroxylation is 1. The van der Waals surface area contributed by atoms with Crippen molar-refractivity contribution < 1.29 is 0 Å². The molecule has 0 unspecified atom stereocenters. The van der Waals surface area contributed by atoms with Crippen LogP contribution in [0.3, 0.4) is 0 Å². The predicted molar refractivity (Wildman–Crippen MR) is 41.9 cm³/mol. The molecule has 0 atom stereocenters. The lowest BCUT2D eigenvalue weighted by Gasteiger charge is -1.92. The second kappa shape index (κ2) is 4.19. The highest BCUT2D eigenvalue weighted by Crippen LogP contribution is 1.94. The Hall–Kier alpha value is -0.670. The molecule has 0 aromatic carbocycles. The maximum absolute atomic E-state index is 5.32. The Morgan fingerprint density at radius 2 is 2.30 bits per heavy atom. The van der Waals surface area contributed by atoms with Crippen LogP contribution in [0.5, 0.6) is 0 Å². The van der Waals surface area contributed by atoms with Crippen molar-refractivity contribution in [2.24, 2.45) is 5.73 Å². The van der Waals surface area contributed by atoms with Gasteiger partial charge in [-0.3, -0.25) is 0 Å². The van der Waals surface area contributed by atoms with Crippen LogP contribution in [-0.2, 0) is 6.54 Å². The van der Waals surface area contributed by atoms with Gasteiger partial charge in [0.1, 0.15) is 0 Å². The number of aromatic nitrogens is 2. The summed E-state index contributed by atoms with van der Waals surface area (Å²) in [5, 5.41) is 7.51. The molecule has 1 rings (SSSR count). The van der Waals surface area contributed by atoms with Crippen LogP contribution >= 0.6 is 12.4 Å². The lowest BCUT2D eigenvalue weighted by atomic mass is 10.3. The summed E-state index contributed by atoms with van der Waals surface area (Å²) in [6.45, 7) is 2.43. The van der Waals surface area contributed by atoms with E-state index < -0.39 is 0 Å². The van der Waals surface area contributed by atoms with Crippen LogP contribution in [0.2, 0.25) is 0 Å². The number of nitrogens with two attached hydrogens (primary N) is 1. The number of nitrogens with zero attached hydrogens (tertiary/aromatic N) is 2. The van der Waals surface area contributed by atoms with E-state index >= 15 is 0 Å². The largest absolute Gasteiger partial charge is 0.325 e. The van der Waals surface area contributed by atoms with Gasteiger partial charge in [-0.1, -0.05) is 0 Å². The Morgan fingerprint density at radius 3 is 2.70 bits per heavy atom. The SMILES string of the molecule is Cc1cnnc(CN)c1.Cl. The zero-order valence-electron chi connectivity index (χ0n) is 5.74. The monoisotopic (exact) mass is 159 g/mol. The number of hydrogen-bond donors (Lipinski definition) is 1. The second-order valence-electron chi connectivity index (χ2n) is 1.93. The molecule has 4 heteroatoms. The molecule has 0 spiro atoms.